The smallest absolute Gasteiger partial charge is 0.338 e. The van der Waals surface area contributed by atoms with E-state index in [0.29, 0.717) is 11.5 Å². The van der Waals surface area contributed by atoms with Gasteiger partial charge in [0.2, 0.25) is 0 Å². The monoisotopic (exact) mass is 357 g/mol. The Kier molecular flexibility index (Phi) is 6.60. The summed E-state index contributed by atoms with van der Waals surface area (Å²) < 4.78 is 15.3. The lowest BCUT2D eigenvalue weighted by Crippen LogP contribution is -2.31. The summed E-state index contributed by atoms with van der Waals surface area (Å²) in [6.07, 6.45) is 0. The van der Waals surface area contributed by atoms with E-state index >= 15 is 0 Å². The molecular weight excluding hydrogens is 334 g/mol. The van der Waals surface area contributed by atoms with Crippen molar-refractivity contribution in [2.75, 3.05) is 20.8 Å². The number of hydrogen-bond donors (Lipinski definition) is 1. The predicted octanol–water partition coefficient (Wildman–Crippen LogP) is 3.05. The van der Waals surface area contributed by atoms with E-state index in [0.717, 1.165) is 11.1 Å². The van der Waals surface area contributed by atoms with E-state index in [4.69, 9.17) is 14.2 Å². The van der Waals surface area contributed by atoms with Crippen molar-refractivity contribution in [1.29, 1.82) is 0 Å². The second-order valence-corrected chi connectivity index (χ2v) is 5.85. The van der Waals surface area contributed by atoms with Crippen LogP contribution < -0.4 is 14.8 Å². The van der Waals surface area contributed by atoms with E-state index in [9.17, 15) is 9.59 Å². The molecule has 1 atom stereocenters. The van der Waals surface area contributed by atoms with Gasteiger partial charge in [-0.1, -0.05) is 29.8 Å². The van der Waals surface area contributed by atoms with Crippen molar-refractivity contribution in [3.05, 3.63) is 59.2 Å². The number of esters is 1. The van der Waals surface area contributed by atoms with Gasteiger partial charge >= 0.3 is 5.97 Å². The van der Waals surface area contributed by atoms with Crippen LogP contribution in [0.3, 0.4) is 0 Å². The zero-order chi connectivity index (χ0) is 19.1. The maximum atomic E-state index is 12.1. The maximum absolute atomic E-state index is 12.1. The van der Waals surface area contributed by atoms with Gasteiger partial charge in [0, 0.05) is 0 Å². The van der Waals surface area contributed by atoms with Crippen LogP contribution in [0.1, 0.15) is 34.5 Å². The lowest BCUT2D eigenvalue weighted by atomic mass is 10.1. The molecule has 0 bridgehead atoms. The van der Waals surface area contributed by atoms with Crippen LogP contribution in [-0.2, 0) is 9.53 Å². The molecule has 0 aliphatic rings. The normalized spacial score (nSPS) is 11.4. The average molecular weight is 357 g/mol. The van der Waals surface area contributed by atoms with Crippen LogP contribution in [0.4, 0.5) is 0 Å². The molecule has 0 saturated heterocycles. The molecule has 0 spiro atoms. The van der Waals surface area contributed by atoms with Crippen LogP contribution in [-0.4, -0.2) is 32.7 Å². The number of carbonyl (C=O) groups is 2. The highest BCUT2D eigenvalue weighted by Crippen LogP contribution is 2.27. The zero-order valence-electron chi connectivity index (χ0n) is 15.4. The Bertz CT molecular complexity index is 770. The second-order valence-electron chi connectivity index (χ2n) is 5.85. The van der Waals surface area contributed by atoms with E-state index < -0.39 is 5.97 Å². The SMILES string of the molecule is COc1ccc(C(=O)OCC(=O)N[C@@H](C)c2ccc(C)cc2)cc1OC. The summed E-state index contributed by atoms with van der Waals surface area (Å²) in [5.41, 5.74) is 2.41. The molecule has 0 heterocycles. The first-order valence-corrected chi connectivity index (χ1v) is 8.19. The molecule has 2 rings (SSSR count). The Morgan fingerprint density at radius 2 is 1.65 bits per heavy atom. The van der Waals surface area contributed by atoms with Crippen molar-refractivity contribution < 1.29 is 23.8 Å². The second kappa shape index (κ2) is 8.89. The third-order valence-electron chi connectivity index (χ3n) is 3.91. The molecule has 0 saturated carbocycles. The lowest BCUT2D eigenvalue weighted by Gasteiger charge is -2.15. The quantitative estimate of drug-likeness (QED) is 0.771. The summed E-state index contributed by atoms with van der Waals surface area (Å²) in [7, 11) is 2.99. The zero-order valence-corrected chi connectivity index (χ0v) is 15.4. The highest BCUT2D eigenvalue weighted by atomic mass is 16.5. The molecule has 0 unspecified atom stereocenters. The van der Waals surface area contributed by atoms with Gasteiger partial charge in [-0.3, -0.25) is 4.79 Å². The van der Waals surface area contributed by atoms with E-state index in [1.807, 2.05) is 38.1 Å². The van der Waals surface area contributed by atoms with Gasteiger partial charge in [-0.25, -0.2) is 4.79 Å². The minimum absolute atomic E-state index is 0.178. The van der Waals surface area contributed by atoms with Crippen molar-refractivity contribution >= 4 is 11.9 Å². The summed E-state index contributed by atoms with van der Waals surface area (Å²) in [6, 6.07) is 12.4. The summed E-state index contributed by atoms with van der Waals surface area (Å²) in [5, 5.41) is 2.80. The predicted molar refractivity (Wildman–Crippen MR) is 97.6 cm³/mol. The first-order chi connectivity index (χ1) is 12.4. The third kappa shape index (κ3) is 4.99. The Labute approximate surface area is 153 Å². The Morgan fingerprint density at radius 1 is 1.00 bits per heavy atom. The van der Waals surface area contributed by atoms with Gasteiger partial charge in [-0.05, 0) is 37.6 Å². The molecule has 1 N–H and O–H groups in total. The van der Waals surface area contributed by atoms with Crippen LogP contribution in [0.25, 0.3) is 0 Å². The number of amides is 1. The number of ether oxygens (including phenoxy) is 3. The van der Waals surface area contributed by atoms with E-state index in [1.165, 1.54) is 20.3 Å². The molecule has 6 nitrogen and oxygen atoms in total. The molecule has 0 radical (unpaired) electrons. The molecule has 6 heteroatoms. The highest BCUT2D eigenvalue weighted by Gasteiger charge is 2.15. The minimum Gasteiger partial charge on any atom is -0.493 e. The summed E-state index contributed by atoms with van der Waals surface area (Å²) in [5.74, 6) is -0.0518. The summed E-state index contributed by atoms with van der Waals surface area (Å²) in [6.45, 7) is 3.52. The Hall–Kier alpha value is -3.02. The van der Waals surface area contributed by atoms with E-state index in [2.05, 4.69) is 5.32 Å². The van der Waals surface area contributed by atoms with E-state index in [-0.39, 0.29) is 24.1 Å². The van der Waals surface area contributed by atoms with Gasteiger partial charge in [-0.2, -0.15) is 0 Å². The van der Waals surface area contributed by atoms with Crippen molar-refractivity contribution in [3.63, 3.8) is 0 Å². The molecule has 2 aromatic carbocycles. The first kappa shape index (κ1) is 19.3. The molecule has 1 amide bonds. The van der Waals surface area contributed by atoms with Gasteiger partial charge in [0.25, 0.3) is 5.91 Å². The molecule has 0 aliphatic heterocycles. The lowest BCUT2D eigenvalue weighted by molar-refractivity contribution is -0.124. The van der Waals surface area contributed by atoms with Crippen molar-refractivity contribution in [2.24, 2.45) is 0 Å². The number of hydrogen-bond acceptors (Lipinski definition) is 5. The number of carbonyl (C=O) groups excluding carboxylic acids is 2. The molecule has 26 heavy (non-hydrogen) atoms. The average Bonchev–Trinajstić information content (AvgIpc) is 2.65. The fourth-order valence-electron chi connectivity index (χ4n) is 2.40. The van der Waals surface area contributed by atoms with Crippen molar-refractivity contribution in [1.82, 2.24) is 5.32 Å². The maximum Gasteiger partial charge on any atom is 0.338 e. The van der Waals surface area contributed by atoms with Crippen LogP contribution in [0, 0.1) is 6.92 Å². The number of nitrogens with one attached hydrogen (secondary N) is 1. The third-order valence-corrected chi connectivity index (χ3v) is 3.91. The minimum atomic E-state index is -0.607. The number of methoxy groups -OCH3 is 2. The summed E-state index contributed by atoms with van der Waals surface area (Å²) >= 11 is 0. The van der Waals surface area contributed by atoms with Crippen LogP contribution in [0.2, 0.25) is 0 Å². The van der Waals surface area contributed by atoms with Crippen LogP contribution in [0.5, 0.6) is 11.5 Å². The topological polar surface area (TPSA) is 73.9 Å². The molecule has 138 valence electrons. The van der Waals surface area contributed by atoms with Gasteiger partial charge < -0.3 is 19.5 Å². The Balaban J connectivity index is 1.90. The van der Waals surface area contributed by atoms with Crippen LogP contribution in [0.15, 0.2) is 42.5 Å². The number of benzene rings is 2. The Morgan fingerprint density at radius 3 is 2.27 bits per heavy atom. The number of aryl methyl sites for hydroxylation is 1. The van der Waals surface area contributed by atoms with Gasteiger partial charge in [0.05, 0.1) is 25.8 Å². The molecule has 0 aromatic heterocycles. The fourth-order valence-corrected chi connectivity index (χ4v) is 2.40. The highest BCUT2D eigenvalue weighted by molar-refractivity contribution is 5.92. The largest absolute Gasteiger partial charge is 0.493 e. The molecule has 0 aliphatic carbocycles. The van der Waals surface area contributed by atoms with Gasteiger partial charge in [0.1, 0.15) is 0 Å². The van der Waals surface area contributed by atoms with E-state index in [1.54, 1.807) is 12.1 Å². The fraction of sp³-hybridized carbons (Fsp3) is 0.300. The van der Waals surface area contributed by atoms with Crippen LogP contribution >= 0.6 is 0 Å². The van der Waals surface area contributed by atoms with Gasteiger partial charge in [0.15, 0.2) is 18.1 Å². The summed E-state index contributed by atoms with van der Waals surface area (Å²) in [4.78, 5) is 24.1. The molecule has 0 fully saturated rings. The first-order valence-electron chi connectivity index (χ1n) is 8.19. The standard InChI is InChI=1S/C20H23NO5/c1-13-5-7-15(8-6-13)14(2)21-19(22)12-26-20(23)16-9-10-17(24-3)18(11-16)25-4/h5-11,14H,12H2,1-4H3,(H,21,22)/t14-/m0/s1. The van der Waals surface area contributed by atoms with Crippen molar-refractivity contribution in [2.45, 2.75) is 19.9 Å². The molecular formula is C20H23NO5. The molecule has 2 aromatic rings. The van der Waals surface area contributed by atoms with Crippen molar-refractivity contribution in [3.8, 4) is 11.5 Å². The number of rotatable bonds is 7. The van der Waals surface area contributed by atoms with Gasteiger partial charge in [-0.15, -0.1) is 0 Å².